The van der Waals surface area contributed by atoms with Gasteiger partial charge in [-0.05, 0) is 48.8 Å². The van der Waals surface area contributed by atoms with Gasteiger partial charge in [0.1, 0.15) is 0 Å². The molecule has 32 heavy (non-hydrogen) atoms. The molecule has 7 heteroatoms. The maximum absolute atomic E-state index is 6.76. The summed E-state index contributed by atoms with van der Waals surface area (Å²) in [6.07, 6.45) is 13.7. The highest BCUT2D eigenvalue weighted by molar-refractivity contribution is 5.60. The van der Waals surface area contributed by atoms with Crippen molar-refractivity contribution in [3.63, 3.8) is 0 Å². The van der Waals surface area contributed by atoms with E-state index in [4.69, 9.17) is 28.4 Å². The highest BCUT2D eigenvalue weighted by Crippen LogP contribution is 2.47. The fraction of sp³-hybridized carbons (Fsp3) is 0.360. The number of nitrogens with zero attached hydrogens (tertiary/aromatic N) is 1. The summed E-state index contributed by atoms with van der Waals surface area (Å²) in [5.74, 6) is 0.463. The minimum absolute atomic E-state index is 0.361. The van der Waals surface area contributed by atoms with Gasteiger partial charge >= 0.3 is 5.91 Å². The number of fused-ring (bicyclic) bond motifs is 1. The predicted molar refractivity (Wildman–Crippen MR) is 116 cm³/mol. The van der Waals surface area contributed by atoms with Gasteiger partial charge in [0.25, 0.3) is 0 Å². The van der Waals surface area contributed by atoms with Crippen LogP contribution in [0.3, 0.4) is 0 Å². The third-order valence-corrected chi connectivity index (χ3v) is 6.13. The molecule has 3 atom stereocenters. The normalized spacial score (nSPS) is 30.9. The summed E-state index contributed by atoms with van der Waals surface area (Å²) >= 11 is 0. The number of ether oxygens (including phenoxy) is 6. The second-order valence-electron chi connectivity index (χ2n) is 8.06. The van der Waals surface area contributed by atoms with Crippen LogP contribution < -0.4 is 4.90 Å². The first-order chi connectivity index (χ1) is 15.9. The molecule has 5 heterocycles. The lowest BCUT2D eigenvalue weighted by molar-refractivity contribution is -0.262. The molecule has 0 amide bonds. The summed E-state index contributed by atoms with van der Waals surface area (Å²) in [5.41, 5.74) is 2.32. The minimum Gasteiger partial charge on any atom is -0.486 e. The van der Waals surface area contributed by atoms with Gasteiger partial charge in [-0.3, -0.25) is 4.90 Å². The van der Waals surface area contributed by atoms with Gasteiger partial charge < -0.3 is 28.4 Å². The maximum atomic E-state index is 6.76. The Hall–Kier alpha value is -3.16. The Kier molecular flexibility index (Phi) is 4.92. The van der Waals surface area contributed by atoms with Crippen LogP contribution in [0.4, 0.5) is 5.69 Å². The van der Waals surface area contributed by atoms with Gasteiger partial charge in [0, 0.05) is 12.2 Å². The molecule has 0 N–H and O–H groups in total. The molecule has 3 unspecified atom stereocenters. The lowest BCUT2D eigenvalue weighted by atomic mass is 10.1. The third kappa shape index (κ3) is 3.20. The van der Waals surface area contributed by atoms with Gasteiger partial charge in [0.15, 0.2) is 23.7 Å². The van der Waals surface area contributed by atoms with E-state index in [2.05, 4.69) is 23.1 Å². The molecule has 5 aliphatic rings. The Morgan fingerprint density at radius 3 is 2.81 bits per heavy atom. The summed E-state index contributed by atoms with van der Waals surface area (Å²) in [5, 5.41) is 0. The molecule has 1 fully saturated rings. The number of allylic oxidation sites excluding steroid dienone is 4. The van der Waals surface area contributed by atoms with Gasteiger partial charge in [0.2, 0.25) is 5.76 Å². The van der Waals surface area contributed by atoms with Crippen LogP contribution in [0.5, 0.6) is 0 Å². The van der Waals surface area contributed by atoms with Crippen LogP contribution in [0.25, 0.3) is 0 Å². The van der Waals surface area contributed by atoms with Crippen LogP contribution >= 0.6 is 0 Å². The number of benzene rings is 1. The SMILES string of the molecule is C1=COC(C2=C(C3=CCC=CO3)OC(C3COCCO3)(N3CCc4ccccc43)O2)C=C1. The van der Waals surface area contributed by atoms with E-state index in [9.17, 15) is 0 Å². The van der Waals surface area contributed by atoms with E-state index < -0.39 is 18.1 Å². The molecule has 1 aromatic carbocycles. The summed E-state index contributed by atoms with van der Waals surface area (Å²) < 4.78 is 37.2. The fourth-order valence-corrected chi connectivity index (χ4v) is 4.64. The van der Waals surface area contributed by atoms with Crippen molar-refractivity contribution >= 4 is 5.69 Å². The van der Waals surface area contributed by atoms with Crippen molar-refractivity contribution in [2.24, 2.45) is 0 Å². The second-order valence-corrected chi connectivity index (χ2v) is 8.06. The zero-order chi connectivity index (χ0) is 21.4. The van der Waals surface area contributed by atoms with Crippen molar-refractivity contribution in [3.05, 3.63) is 90.0 Å². The molecule has 0 bridgehead atoms. The number of rotatable bonds is 4. The molecule has 5 aliphatic heterocycles. The highest BCUT2D eigenvalue weighted by atomic mass is 16.8. The van der Waals surface area contributed by atoms with Gasteiger partial charge in [-0.25, -0.2) is 0 Å². The van der Waals surface area contributed by atoms with Crippen LogP contribution in [0.1, 0.15) is 12.0 Å². The van der Waals surface area contributed by atoms with Gasteiger partial charge in [-0.1, -0.05) is 24.3 Å². The molecule has 7 nitrogen and oxygen atoms in total. The average Bonchev–Trinajstić information content (AvgIpc) is 3.49. The summed E-state index contributed by atoms with van der Waals surface area (Å²) in [7, 11) is 0. The van der Waals surface area contributed by atoms with Gasteiger partial charge in [-0.15, -0.1) is 0 Å². The molecular formula is C25H25NO6. The lowest BCUT2D eigenvalue weighted by Gasteiger charge is -2.44. The molecule has 1 saturated heterocycles. The van der Waals surface area contributed by atoms with E-state index in [1.54, 1.807) is 12.5 Å². The molecule has 0 aliphatic carbocycles. The minimum atomic E-state index is -1.23. The lowest BCUT2D eigenvalue weighted by Crippen LogP contribution is -2.62. The third-order valence-electron chi connectivity index (χ3n) is 6.13. The molecule has 6 rings (SSSR count). The quantitative estimate of drug-likeness (QED) is 0.715. The van der Waals surface area contributed by atoms with Crippen LogP contribution in [-0.4, -0.2) is 44.5 Å². The topological polar surface area (TPSA) is 58.6 Å². The first-order valence-corrected chi connectivity index (χ1v) is 11.0. The molecule has 0 spiro atoms. The van der Waals surface area contributed by atoms with E-state index >= 15 is 0 Å². The molecule has 0 radical (unpaired) electrons. The molecule has 0 saturated carbocycles. The summed E-state index contributed by atoms with van der Waals surface area (Å²) in [4.78, 5) is 2.15. The largest absolute Gasteiger partial charge is 0.486 e. The average molecular weight is 435 g/mol. The molecule has 1 aromatic rings. The second kappa shape index (κ2) is 8.07. The van der Waals surface area contributed by atoms with E-state index in [0.29, 0.717) is 37.1 Å². The van der Waals surface area contributed by atoms with Crippen LogP contribution in [0.2, 0.25) is 0 Å². The van der Waals surface area contributed by atoms with E-state index in [-0.39, 0.29) is 0 Å². The van der Waals surface area contributed by atoms with Crippen molar-refractivity contribution < 1.29 is 28.4 Å². The Labute approximate surface area is 186 Å². The molecular weight excluding hydrogens is 410 g/mol. The number of hydrogen-bond acceptors (Lipinski definition) is 7. The first kappa shape index (κ1) is 19.5. The zero-order valence-corrected chi connectivity index (χ0v) is 17.6. The van der Waals surface area contributed by atoms with Crippen LogP contribution in [0.15, 0.2) is 84.4 Å². The summed E-state index contributed by atoms with van der Waals surface area (Å²) in [6, 6.07) is 8.32. The number of anilines is 1. The number of para-hydroxylation sites is 1. The Bertz CT molecular complexity index is 1030. The Morgan fingerprint density at radius 2 is 2.00 bits per heavy atom. The van der Waals surface area contributed by atoms with Gasteiger partial charge in [0.05, 0.1) is 32.3 Å². The standard InChI is InChI=1S/C25H25NO6/c1-2-8-19-18(7-1)11-12-26(19)25(22-17-27-15-16-30-22)31-23(20-9-3-5-13-28-20)24(32-25)21-10-4-6-14-29-21/h1-3,5-10,13-14,20,22H,4,11-12,15-17H2. The smallest absolute Gasteiger partial charge is 0.368 e. The van der Waals surface area contributed by atoms with Crippen molar-refractivity contribution in [2.45, 2.75) is 31.0 Å². The van der Waals surface area contributed by atoms with E-state index in [0.717, 1.165) is 25.1 Å². The Balaban J connectivity index is 1.44. The van der Waals surface area contributed by atoms with E-state index in [1.165, 1.54) is 5.56 Å². The highest BCUT2D eigenvalue weighted by Gasteiger charge is 2.59. The molecule has 0 aromatic heterocycles. The predicted octanol–water partition coefficient (Wildman–Crippen LogP) is 3.66. The number of hydrogen-bond donors (Lipinski definition) is 0. The van der Waals surface area contributed by atoms with Crippen molar-refractivity contribution in [3.8, 4) is 0 Å². The Morgan fingerprint density at radius 1 is 1.03 bits per heavy atom. The van der Waals surface area contributed by atoms with Gasteiger partial charge in [-0.2, -0.15) is 0 Å². The maximum Gasteiger partial charge on any atom is 0.368 e. The van der Waals surface area contributed by atoms with E-state index in [1.807, 2.05) is 36.4 Å². The fourth-order valence-electron chi connectivity index (χ4n) is 4.64. The van der Waals surface area contributed by atoms with Crippen molar-refractivity contribution in [1.82, 2.24) is 0 Å². The monoisotopic (exact) mass is 435 g/mol. The zero-order valence-electron chi connectivity index (χ0n) is 17.6. The van der Waals surface area contributed by atoms with Crippen LogP contribution in [-0.2, 0) is 34.8 Å². The van der Waals surface area contributed by atoms with Crippen molar-refractivity contribution in [2.75, 3.05) is 31.3 Å². The summed E-state index contributed by atoms with van der Waals surface area (Å²) in [6.45, 7) is 2.12. The van der Waals surface area contributed by atoms with Crippen LogP contribution in [0, 0.1) is 0 Å². The van der Waals surface area contributed by atoms with Crippen molar-refractivity contribution in [1.29, 1.82) is 0 Å². The first-order valence-electron chi connectivity index (χ1n) is 11.0. The molecule has 166 valence electrons.